The molecule has 1 aliphatic carbocycles. The van der Waals surface area contributed by atoms with Crippen molar-refractivity contribution in [3.63, 3.8) is 0 Å². The normalized spacial score (nSPS) is 23.4. The third-order valence-corrected chi connectivity index (χ3v) is 3.43. The molecule has 1 saturated carbocycles. The molecule has 1 aromatic rings. The molecule has 0 aliphatic heterocycles. The zero-order valence-corrected chi connectivity index (χ0v) is 11.7. The van der Waals surface area contributed by atoms with E-state index in [-0.39, 0.29) is 6.10 Å². The van der Waals surface area contributed by atoms with Crippen molar-refractivity contribution in [1.29, 1.82) is 0 Å². The number of nitrogens with zero attached hydrogens (tertiary/aromatic N) is 1. The molecule has 5 N–H and O–H groups in total. The van der Waals surface area contributed by atoms with Crippen LogP contribution in [0.5, 0.6) is 0 Å². The fourth-order valence-electron chi connectivity index (χ4n) is 2.41. The number of pyridine rings is 1. The molecule has 19 heavy (non-hydrogen) atoms. The van der Waals surface area contributed by atoms with E-state index < -0.39 is 0 Å². The summed E-state index contributed by atoms with van der Waals surface area (Å²) in [5, 5.41) is 16.3. The van der Waals surface area contributed by atoms with Gasteiger partial charge in [-0.1, -0.05) is 0 Å². The quantitative estimate of drug-likeness (QED) is 0.670. The van der Waals surface area contributed by atoms with Crippen LogP contribution < -0.4 is 16.4 Å². The lowest BCUT2D eigenvalue weighted by molar-refractivity contribution is 0.126. The Balaban J connectivity index is 2.02. The number of anilines is 3. The second-order valence-electron chi connectivity index (χ2n) is 5.61. The summed E-state index contributed by atoms with van der Waals surface area (Å²) in [6.07, 6.45) is 5.24. The third kappa shape index (κ3) is 3.99. The predicted octanol–water partition coefficient (Wildman–Crippen LogP) is 2.20. The molecular weight excluding hydrogens is 240 g/mol. The zero-order valence-electron chi connectivity index (χ0n) is 11.7. The molecule has 0 radical (unpaired) electrons. The van der Waals surface area contributed by atoms with Crippen molar-refractivity contribution >= 4 is 17.2 Å². The molecular formula is C14H24N4O. The summed E-state index contributed by atoms with van der Waals surface area (Å²) in [7, 11) is 0. The summed E-state index contributed by atoms with van der Waals surface area (Å²) in [6, 6.07) is 2.69. The van der Waals surface area contributed by atoms with Crippen molar-refractivity contribution in [2.24, 2.45) is 0 Å². The summed E-state index contributed by atoms with van der Waals surface area (Å²) in [6.45, 7) is 4.15. The number of nitrogens with two attached hydrogens (primary N) is 1. The van der Waals surface area contributed by atoms with Gasteiger partial charge in [0.25, 0.3) is 0 Å². The van der Waals surface area contributed by atoms with E-state index in [1.807, 2.05) is 6.07 Å². The number of hydrogen-bond acceptors (Lipinski definition) is 5. The second-order valence-corrected chi connectivity index (χ2v) is 5.61. The fraction of sp³-hybridized carbons (Fsp3) is 0.643. The third-order valence-electron chi connectivity index (χ3n) is 3.43. The van der Waals surface area contributed by atoms with Gasteiger partial charge >= 0.3 is 0 Å². The first-order valence-electron chi connectivity index (χ1n) is 7.01. The minimum atomic E-state index is -0.133. The lowest BCUT2D eigenvalue weighted by Crippen LogP contribution is -2.28. The van der Waals surface area contributed by atoms with Crippen LogP contribution in [-0.4, -0.2) is 28.3 Å². The Kier molecular flexibility index (Phi) is 4.47. The molecule has 2 rings (SSSR count). The van der Waals surface area contributed by atoms with Crippen LogP contribution in [0.25, 0.3) is 0 Å². The number of aliphatic hydroxyl groups excluding tert-OH is 1. The van der Waals surface area contributed by atoms with Crippen molar-refractivity contribution in [1.82, 2.24) is 4.98 Å². The summed E-state index contributed by atoms with van der Waals surface area (Å²) in [5.74, 6) is 0.836. The van der Waals surface area contributed by atoms with E-state index in [4.69, 9.17) is 5.73 Å². The predicted molar refractivity (Wildman–Crippen MR) is 79.3 cm³/mol. The molecule has 1 heterocycles. The van der Waals surface area contributed by atoms with Gasteiger partial charge in [0.2, 0.25) is 0 Å². The number of rotatable bonds is 4. The minimum absolute atomic E-state index is 0.133. The van der Waals surface area contributed by atoms with Gasteiger partial charge in [0.1, 0.15) is 5.82 Å². The highest BCUT2D eigenvalue weighted by Gasteiger charge is 2.19. The monoisotopic (exact) mass is 264 g/mol. The molecule has 5 nitrogen and oxygen atoms in total. The SMILES string of the molecule is CC(C)Nc1cc(NC2CCC(O)CC2)c(N)cn1. The second kappa shape index (κ2) is 6.10. The summed E-state index contributed by atoms with van der Waals surface area (Å²) >= 11 is 0. The zero-order chi connectivity index (χ0) is 13.8. The summed E-state index contributed by atoms with van der Waals surface area (Å²) in [5.41, 5.74) is 7.56. The van der Waals surface area contributed by atoms with Crippen molar-refractivity contribution in [3.8, 4) is 0 Å². The van der Waals surface area contributed by atoms with Crippen LogP contribution in [0, 0.1) is 0 Å². The molecule has 0 aromatic carbocycles. The Morgan fingerprint density at radius 3 is 2.63 bits per heavy atom. The van der Waals surface area contributed by atoms with Crippen LogP contribution in [0.3, 0.4) is 0 Å². The van der Waals surface area contributed by atoms with E-state index in [9.17, 15) is 5.11 Å². The molecule has 0 saturated heterocycles. The summed E-state index contributed by atoms with van der Waals surface area (Å²) < 4.78 is 0. The van der Waals surface area contributed by atoms with Gasteiger partial charge < -0.3 is 21.5 Å². The van der Waals surface area contributed by atoms with Crippen LogP contribution in [0.4, 0.5) is 17.2 Å². The van der Waals surface area contributed by atoms with E-state index >= 15 is 0 Å². The largest absolute Gasteiger partial charge is 0.396 e. The number of nitrogen functional groups attached to an aromatic ring is 1. The maximum absolute atomic E-state index is 9.52. The first kappa shape index (κ1) is 13.9. The number of aromatic nitrogens is 1. The highest BCUT2D eigenvalue weighted by molar-refractivity contribution is 5.69. The van der Waals surface area contributed by atoms with Crippen LogP contribution in [0.2, 0.25) is 0 Å². The lowest BCUT2D eigenvalue weighted by Gasteiger charge is -2.27. The Morgan fingerprint density at radius 2 is 2.00 bits per heavy atom. The molecule has 5 heteroatoms. The molecule has 0 bridgehead atoms. The van der Waals surface area contributed by atoms with Gasteiger partial charge in [-0.2, -0.15) is 0 Å². The Labute approximate surface area is 114 Å². The van der Waals surface area contributed by atoms with Gasteiger partial charge in [-0.15, -0.1) is 0 Å². The van der Waals surface area contributed by atoms with Gasteiger partial charge in [0.05, 0.1) is 23.7 Å². The van der Waals surface area contributed by atoms with Crippen molar-refractivity contribution in [2.45, 2.75) is 57.7 Å². The molecule has 1 fully saturated rings. The topological polar surface area (TPSA) is 83.2 Å². The van der Waals surface area contributed by atoms with Gasteiger partial charge in [0, 0.05) is 18.2 Å². The van der Waals surface area contributed by atoms with Crippen LogP contribution >= 0.6 is 0 Å². The van der Waals surface area contributed by atoms with E-state index in [2.05, 4.69) is 29.5 Å². The van der Waals surface area contributed by atoms with Gasteiger partial charge in [-0.05, 0) is 39.5 Å². The molecule has 0 amide bonds. The standard InChI is InChI=1S/C14H24N4O/c1-9(2)17-14-7-13(12(15)8-16-14)18-10-3-5-11(19)6-4-10/h7-11,19H,3-6,15H2,1-2H3,(H2,16,17,18). The van der Waals surface area contributed by atoms with Crippen LogP contribution in [0.15, 0.2) is 12.3 Å². The van der Waals surface area contributed by atoms with Crippen molar-refractivity contribution in [3.05, 3.63) is 12.3 Å². The minimum Gasteiger partial charge on any atom is -0.396 e. The van der Waals surface area contributed by atoms with Gasteiger partial charge in [-0.3, -0.25) is 0 Å². The van der Waals surface area contributed by atoms with Crippen molar-refractivity contribution in [2.75, 3.05) is 16.4 Å². The highest BCUT2D eigenvalue weighted by Crippen LogP contribution is 2.26. The Bertz CT molecular complexity index is 414. The van der Waals surface area contributed by atoms with E-state index in [0.29, 0.717) is 17.8 Å². The molecule has 0 unspecified atom stereocenters. The number of nitrogens with one attached hydrogen (secondary N) is 2. The van der Waals surface area contributed by atoms with Crippen LogP contribution in [-0.2, 0) is 0 Å². The van der Waals surface area contributed by atoms with Crippen molar-refractivity contribution < 1.29 is 5.11 Å². The lowest BCUT2D eigenvalue weighted by atomic mass is 9.93. The Morgan fingerprint density at radius 1 is 1.32 bits per heavy atom. The average Bonchev–Trinajstić information content (AvgIpc) is 2.35. The van der Waals surface area contributed by atoms with E-state index in [1.165, 1.54) is 0 Å². The molecule has 1 aromatic heterocycles. The maximum atomic E-state index is 9.52. The number of aliphatic hydroxyl groups is 1. The molecule has 0 atom stereocenters. The summed E-state index contributed by atoms with van der Waals surface area (Å²) in [4.78, 5) is 4.27. The van der Waals surface area contributed by atoms with E-state index in [1.54, 1.807) is 6.20 Å². The van der Waals surface area contributed by atoms with Gasteiger partial charge in [0.15, 0.2) is 0 Å². The fourth-order valence-corrected chi connectivity index (χ4v) is 2.41. The number of hydrogen-bond donors (Lipinski definition) is 4. The van der Waals surface area contributed by atoms with Crippen LogP contribution in [0.1, 0.15) is 39.5 Å². The smallest absolute Gasteiger partial charge is 0.128 e. The molecule has 106 valence electrons. The first-order valence-corrected chi connectivity index (χ1v) is 7.01. The Hall–Kier alpha value is -1.49. The van der Waals surface area contributed by atoms with Gasteiger partial charge in [-0.25, -0.2) is 4.98 Å². The molecule has 0 spiro atoms. The van der Waals surface area contributed by atoms with E-state index in [0.717, 1.165) is 37.2 Å². The molecule has 1 aliphatic rings. The average molecular weight is 264 g/mol. The maximum Gasteiger partial charge on any atom is 0.128 e. The first-order chi connectivity index (χ1) is 9.04. The highest BCUT2D eigenvalue weighted by atomic mass is 16.3.